The molecule has 0 atom stereocenters. The second kappa shape index (κ2) is 11.3. The fourth-order valence-electron chi connectivity index (χ4n) is 4.08. The maximum Gasteiger partial charge on any atom is 0.200 e. The molecule has 0 heterocycles. The summed E-state index contributed by atoms with van der Waals surface area (Å²) in [5.74, 6) is -20.4. The van der Waals surface area contributed by atoms with Gasteiger partial charge in [-0.05, 0) is 34.4 Å². The van der Waals surface area contributed by atoms with Crippen LogP contribution in [0.25, 0.3) is 24.3 Å². The highest BCUT2D eigenvalue weighted by molar-refractivity contribution is 5.71. The van der Waals surface area contributed by atoms with E-state index in [0.29, 0.717) is 11.1 Å². The molecule has 0 fully saturated rings. The van der Waals surface area contributed by atoms with Crippen LogP contribution in [0, 0.1) is 58.2 Å². The van der Waals surface area contributed by atoms with E-state index < -0.39 is 74.7 Å². The van der Waals surface area contributed by atoms with Crippen molar-refractivity contribution in [2.75, 3.05) is 0 Å². The molecule has 0 radical (unpaired) electrons. The second-order valence-corrected chi connectivity index (χ2v) is 9.50. The van der Waals surface area contributed by atoms with E-state index in [1.54, 1.807) is 48.5 Å². The van der Waals surface area contributed by atoms with Gasteiger partial charge in [-0.2, -0.15) is 0 Å². The highest BCUT2D eigenvalue weighted by Crippen LogP contribution is 2.33. The highest BCUT2D eigenvalue weighted by Gasteiger charge is 2.26. The third-order valence-corrected chi connectivity index (χ3v) is 6.64. The third-order valence-electron chi connectivity index (χ3n) is 6.64. The molecule has 41 heavy (non-hydrogen) atoms. The van der Waals surface area contributed by atoms with Crippen molar-refractivity contribution in [3.63, 3.8) is 0 Å². The molecule has 4 aromatic rings. The molecule has 0 aliphatic rings. The Balaban J connectivity index is 1.54. The van der Waals surface area contributed by atoms with Gasteiger partial charge >= 0.3 is 0 Å². The quantitative estimate of drug-likeness (QED) is 0.0922. The van der Waals surface area contributed by atoms with Gasteiger partial charge in [0.1, 0.15) is 0 Å². The zero-order chi connectivity index (χ0) is 30.2. The molecular formula is C31H18F10. The van der Waals surface area contributed by atoms with Gasteiger partial charge < -0.3 is 0 Å². The molecule has 0 N–H and O–H groups in total. The first-order chi connectivity index (χ1) is 19.2. The molecule has 10 heteroatoms. The van der Waals surface area contributed by atoms with Gasteiger partial charge in [-0.1, -0.05) is 74.5 Å². The number of rotatable bonds is 6. The Morgan fingerprint density at radius 1 is 0.366 bits per heavy atom. The van der Waals surface area contributed by atoms with Crippen LogP contribution < -0.4 is 0 Å². The third kappa shape index (κ3) is 5.51. The molecule has 0 saturated carbocycles. The van der Waals surface area contributed by atoms with Gasteiger partial charge in [0, 0.05) is 5.41 Å². The smallest absolute Gasteiger partial charge is 0.200 e. The largest absolute Gasteiger partial charge is 0.203 e. The Labute approximate surface area is 227 Å². The molecule has 0 saturated heterocycles. The summed E-state index contributed by atoms with van der Waals surface area (Å²) in [4.78, 5) is 0. The Kier molecular flexibility index (Phi) is 8.15. The lowest BCUT2D eigenvalue weighted by molar-refractivity contribution is 0.377. The Morgan fingerprint density at radius 3 is 0.878 bits per heavy atom. The first kappa shape index (κ1) is 29.6. The lowest BCUT2D eigenvalue weighted by atomic mass is 9.78. The molecule has 0 amide bonds. The van der Waals surface area contributed by atoms with Gasteiger partial charge in [0.2, 0.25) is 11.6 Å². The minimum Gasteiger partial charge on any atom is -0.203 e. The zero-order valence-corrected chi connectivity index (χ0v) is 21.2. The van der Waals surface area contributed by atoms with E-state index in [-0.39, 0.29) is 0 Å². The van der Waals surface area contributed by atoms with E-state index in [1.165, 1.54) is 12.2 Å². The molecule has 0 spiro atoms. The van der Waals surface area contributed by atoms with Crippen LogP contribution in [0.1, 0.15) is 47.2 Å². The minimum atomic E-state index is -2.24. The van der Waals surface area contributed by atoms with E-state index in [9.17, 15) is 43.9 Å². The van der Waals surface area contributed by atoms with E-state index in [0.717, 1.165) is 23.3 Å². The van der Waals surface area contributed by atoms with Gasteiger partial charge in [-0.15, -0.1) is 0 Å². The molecule has 0 nitrogen and oxygen atoms in total. The molecule has 0 bridgehead atoms. The summed E-state index contributed by atoms with van der Waals surface area (Å²) >= 11 is 0. The second-order valence-electron chi connectivity index (χ2n) is 9.50. The van der Waals surface area contributed by atoms with Crippen LogP contribution in [-0.4, -0.2) is 0 Å². The summed E-state index contributed by atoms with van der Waals surface area (Å²) < 4.78 is 136. The predicted molar refractivity (Wildman–Crippen MR) is 135 cm³/mol. The van der Waals surface area contributed by atoms with Gasteiger partial charge in [0.25, 0.3) is 0 Å². The van der Waals surface area contributed by atoms with Crippen molar-refractivity contribution in [1.82, 2.24) is 0 Å². The van der Waals surface area contributed by atoms with Gasteiger partial charge in [-0.3, -0.25) is 0 Å². The maximum absolute atomic E-state index is 13.9. The van der Waals surface area contributed by atoms with Crippen LogP contribution in [0.2, 0.25) is 0 Å². The number of halogens is 10. The summed E-state index contributed by atoms with van der Waals surface area (Å²) in [5, 5.41) is 0. The predicted octanol–water partition coefficient (Wildman–Crippen LogP) is 9.74. The van der Waals surface area contributed by atoms with Gasteiger partial charge in [0.15, 0.2) is 46.5 Å². The van der Waals surface area contributed by atoms with E-state index in [4.69, 9.17) is 0 Å². The van der Waals surface area contributed by atoms with E-state index >= 15 is 0 Å². The molecule has 0 aromatic heterocycles. The van der Waals surface area contributed by atoms with Crippen molar-refractivity contribution in [3.05, 3.63) is 140 Å². The van der Waals surface area contributed by atoms with Crippen LogP contribution >= 0.6 is 0 Å². The molecule has 212 valence electrons. The average molecular weight is 580 g/mol. The summed E-state index contributed by atoms with van der Waals surface area (Å²) in [7, 11) is 0. The molecule has 0 aliphatic carbocycles. The molecule has 4 rings (SSSR count). The average Bonchev–Trinajstić information content (AvgIpc) is 2.97. The highest BCUT2D eigenvalue weighted by atomic mass is 19.2. The van der Waals surface area contributed by atoms with Crippen LogP contribution in [0.15, 0.2) is 48.5 Å². The SMILES string of the molecule is CC(C)(c1ccc(C=Cc2c(F)c(F)c(F)c(F)c2F)cc1)c1ccc(C=Cc2c(F)c(F)c(F)c(F)c2F)cc1. The van der Waals surface area contributed by atoms with Crippen LogP contribution in [-0.2, 0) is 5.41 Å². The first-order valence-electron chi connectivity index (χ1n) is 11.9. The summed E-state index contributed by atoms with van der Waals surface area (Å²) in [5.41, 5.74) is -0.330. The first-order valence-corrected chi connectivity index (χ1v) is 11.9. The molecule has 0 unspecified atom stereocenters. The Hall–Kier alpha value is -4.34. The van der Waals surface area contributed by atoms with Gasteiger partial charge in [-0.25, -0.2) is 43.9 Å². The van der Waals surface area contributed by atoms with Crippen molar-refractivity contribution in [1.29, 1.82) is 0 Å². The normalized spacial score (nSPS) is 12.2. The number of hydrogen-bond acceptors (Lipinski definition) is 0. The Morgan fingerprint density at radius 2 is 0.610 bits per heavy atom. The summed E-state index contributed by atoms with van der Waals surface area (Å²) in [6.45, 7) is 3.76. The van der Waals surface area contributed by atoms with Crippen molar-refractivity contribution in [2.45, 2.75) is 19.3 Å². The summed E-state index contributed by atoms with van der Waals surface area (Å²) in [6, 6.07) is 13.2. The monoisotopic (exact) mass is 580 g/mol. The van der Waals surface area contributed by atoms with E-state index in [2.05, 4.69) is 0 Å². The molecule has 0 aliphatic heterocycles. The number of benzene rings is 4. The lowest BCUT2D eigenvalue weighted by Gasteiger charge is -2.26. The minimum absolute atomic E-state index is 0.419. The zero-order valence-electron chi connectivity index (χ0n) is 21.2. The van der Waals surface area contributed by atoms with Crippen LogP contribution in [0.5, 0.6) is 0 Å². The van der Waals surface area contributed by atoms with Crippen molar-refractivity contribution in [3.8, 4) is 0 Å². The molecule has 4 aromatic carbocycles. The Bertz CT molecular complexity index is 1500. The molecular weight excluding hydrogens is 562 g/mol. The van der Waals surface area contributed by atoms with E-state index in [1.807, 2.05) is 13.8 Å². The topological polar surface area (TPSA) is 0 Å². The standard InChI is InChI=1S/C31H18F10/c1-31(2,17-9-3-15(4-10-17)7-13-19-21(32)25(36)29(40)26(37)22(19)33)18-11-5-16(6-12-18)8-14-20-23(34)27(38)30(41)28(39)24(20)35/h3-14H,1-2H3. The van der Waals surface area contributed by atoms with Crippen LogP contribution in [0.4, 0.5) is 43.9 Å². The fraction of sp³-hybridized carbons (Fsp3) is 0.0968. The van der Waals surface area contributed by atoms with Crippen molar-refractivity contribution >= 4 is 24.3 Å². The fourth-order valence-corrected chi connectivity index (χ4v) is 4.08. The lowest BCUT2D eigenvalue weighted by Crippen LogP contribution is -2.18. The maximum atomic E-state index is 13.9. The summed E-state index contributed by atoms with van der Waals surface area (Å²) in [6.07, 6.45) is 3.96. The van der Waals surface area contributed by atoms with Gasteiger partial charge in [0.05, 0.1) is 11.1 Å². The van der Waals surface area contributed by atoms with Crippen molar-refractivity contribution < 1.29 is 43.9 Å². The number of hydrogen-bond donors (Lipinski definition) is 0. The van der Waals surface area contributed by atoms with Crippen molar-refractivity contribution in [2.24, 2.45) is 0 Å². The van der Waals surface area contributed by atoms with Crippen LogP contribution in [0.3, 0.4) is 0 Å².